The molecule has 31 heavy (non-hydrogen) atoms. The van der Waals surface area contributed by atoms with Crippen molar-refractivity contribution in [2.45, 2.75) is 38.2 Å². The Hall–Kier alpha value is -2.78. The highest BCUT2D eigenvalue weighted by Gasteiger charge is 2.29. The van der Waals surface area contributed by atoms with E-state index in [0.29, 0.717) is 42.5 Å². The number of fused-ring (bicyclic) bond motifs is 1. The number of carbonyl (C=O) groups excluding carboxylic acids is 1. The molecule has 0 aromatic heterocycles. The zero-order chi connectivity index (χ0) is 22.4. The lowest BCUT2D eigenvalue weighted by molar-refractivity contribution is -0.125. The Labute approximate surface area is 183 Å². The molecule has 0 bridgehead atoms. The third-order valence-electron chi connectivity index (χ3n) is 4.96. The highest BCUT2D eigenvalue weighted by atomic mass is 32.2. The number of nitrogens with one attached hydrogen (secondary N) is 2. The topological polar surface area (TPSA) is 97.0 Å². The molecule has 1 amide bonds. The molecule has 2 aromatic carbocycles. The molecule has 1 aliphatic heterocycles. The number of hydrogen-bond donors (Lipinski definition) is 2. The molecule has 1 heterocycles. The molecule has 0 radical (unpaired) electrons. The van der Waals surface area contributed by atoms with E-state index in [1.165, 1.54) is 10.4 Å². The first-order valence-corrected chi connectivity index (χ1v) is 11.9. The second-order valence-electron chi connectivity index (χ2n) is 7.08. The van der Waals surface area contributed by atoms with Gasteiger partial charge in [0.1, 0.15) is 6.61 Å². The number of hydrogen-bond acceptors (Lipinski definition) is 6. The second-order valence-corrected chi connectivity index (χ2v) is 9.01. The molecule has 0 spiro atoms. The van der Waals surface area contributed by atoms with Crippen LogP contribution in [0.15, 0.2) is 47.4 Å². The average molecular weight is 448 g/mol. The Balaban J connectivity index is 1.86. The van der Waals surface area contributed by atoms with Crippen LogP contribution >= 0.6 is 0 Å². The van der Waals surface area contributed by atoms with E-state index in [0.717, 1.165) is 6.42 Å². The SMILES string of the molecule is CCCNc1ccc(S(=O)(=O)N(CC)CC)cc1NC(=O)C1COc2ccccc2O1. The normalized spacial score (nSPS) is 15.5. The van der Waals surface area contributed by atoms with Crippen molar-refractivity contribution in [1.82, 2.24) is 4.31 Å². The van der Waals surface area contributed by atoms with Crippen LogP contribution in [0.1, 0.15) is 27.2 Å². The molecule has 8 nitrogen and oxygen atoms in total. The van der Waals surface area contributed by atoms with Gasteiger partial charge in [0.25, 0.3) is 5.91 Å². The lowest BCUT2D eigenvalue weighted by Crippen LogP contribution is -2.40. The predicted octanol–water partition coefficient (Wildman–Crippen LogP) is 3.32. The second kappa shape index (κ2) is 10.0. The van der Waals surface area contributed by atoms with Crippen LogP contribution in [0.25, 0.3) is 0 Å². The van der Waals surface area contributed by atoms with E-state index in [9.17, 15) is 13.2 Å². The van der Waals surface area contributed by atoms with Crippen molar-refractivity contribution in [1.29, 1.82) is 0 Å². The molecular weight excluding hydrogens is 418 g/mol. The lowest BCUT2D eigenvalue weighted by atomic mass is 10.2. The van der Waals surface area contributed by atoms with E-state index in [2.05, 4.69) is 10.6 Å². The molecule has 2 aromatic rings. The summed E-state index contributed by atoms with van der Waals surface area (Å²) in [5, 5.41) is 6.05. The predicted molar refractivity (Wildman–Crippen MR) is 120 cm³/mol. The maximum Gasteiger partial charge on any atom is 0.269 e. The fourth-order valence-electron chi connectivity index (χ4n) is 3.28. The summed E-state index contributed by atoms with van der Waals surface area (Å²) in [5.41, 5.74) is 1.03. The third kappa shape index (κ3) is 5.11. The fraction of sp³-hybridized carbons (Fsp3) is 0.409. The van der Waals surface area contributed by atoms with Crippen LogP contribution in [0, 0.1) is 0 Å². The molecule has 0 fully saturated rings. The molecular formula is C22H29N3O5S. The van der Waals surface area contributed by atoms with Crippen molar-refractivity contribution in [3.05, 3.63) is 42.5 Å². The molecule has 9 heteroatoms. The number of carbonyl (C=O) groups is 1. The zero-order valence-corrected chi connectivity index (χ0v) is 18.9. The van der Waals surface area contributed by atoms with Gasteiger partial charge in [0.05, 0.1) is 16.3 Å². The molecule has 168 valence electrons. The number of nitrogens with zero attached hydrogens (tertiary/aromatic N) is 1. The van der Waals surface area contributed by atoms with E-state index < -0.39 is 22.0 Å². The number of anilines is 2. The Morgan fingerprint density at radius 2 is 1.77 bits per heavy atom. The van der Waals surface area contributed by atoms with E-state index in [-0.39, 0.29) is 11.5 Å². The quantitative estimate of drug-likeness (QED) is 0.612. The summed E-state index contributed by atoms with van der Waals surface area (Å²) in [6.07, 6.45) is 0.0282. The molecule has 1 aliphatic rings. The van der Waals surface area contributed by atoms with Crippen LogP contribution in [0.5, 0.6) is 11.5 Å². The van der Waals surface area contributed by atoms with Crippen molar-refractivity contribution < 1.29 is 22.7 Å². The summed E-state index contributed by atoms with van der Waals surface area (Å²) < 4.78 is 38.7. The maximum atomic E-state index is 12.9. The monoisotopic (exact) mass is 447 g/mol. The first-order chi connectivity index (χ1) is 14.9. The van der Waals surface area contributed by atoms with Crippen molar-refractivity contribution >= 4 is 27.3 Å². The summed E-state index contributed by atoms with van der Waals surface area (Å²) in [5.74, 6) is 0.673. The van der Waals surface area contributed by atoms with Gasteiger partial charge in [-0.05, 0) is 36.8 Å². The molecule has 1 atom stereocenters. The van der Waals surface area contributed by atoms with Gasteiger partial charge in [-0.3, -0.25) is 4.79 Å². The minimum absolute atomic E-state index is 0.0675. The molecule has 0 saturated carbocycles. The van der Waals surface area contributed by atoms with Crippen LogP contribution in [-0.2, 0) is 14.8 Å². The van der Waals surface area contributed by atoms with E-state index in [1.807, 2.05) is 13.0 Å². The average Bonchev–Trinajstić information content (AvgIpc) is 2.78. The Kier molecular flexibility index (Phi) is 7.40. The zero-order valence-electron chi connectivity index (χ0n) is 18.1. The Morgan fingerprint density at radius 3 is 2.45 bits per heavy atom. The number of amides is 1. The van der Waals surface area contributed by atoms with Crippen molar-refractivity contribution in [2.75, 3.05) is 36.9 Å². The third-order valence-corrected chi connectivity index (χ3v) is 7.00. The van der Waals surface area contributed by atoms with Gasteiger partial charge in [-0.15, -0.1) is 0 Å². The van der Waals surface area contributed by atoms with Crippen LogP contribution in [0.3, 0.4) is 0 Å². The summed E-state index contributed by atoms with van der Waals surface area (Å²) >= 11 is 0. The van der Waals surface area contributed by atoms with Gasteiger partial charge in [0.2, 0.25) is 16.1 Å². The van der Waals surface area contributed by atoms with Gasteiger partial charge in [0.15, 0.2) is 11.5 Å². The summed E-state index contributed by atoms with van der Waals surface area (Å²) in [6, 6.07) is 11.9. The van der Waals surface area contributed by atoms with Crippen LogP contribution < -0.4 is 20.1 Å². The van der Waals surface area contributed by atoms with Crippen LogP contribution in [0.2, 0.25) is 0 Å². The van der Waals surface area contributed by atoms with Gasteiger partial charge in [-0.2, -0.15) is 4.31 Å². The Bertz CT molecular complexity index is 1020. The van der Waals surface area contributed by atoms with Gasteiger partial charge in [-0.1, -0.05) is 32.9 Å². The molecule has 3 rings (SSSR count). The molecule has 1 unspecified atom stereocenters. The van der Waals surface area contributed by atoms with E-state index in [4.69, 9.17) is 9.47 Å². The maximum absolute atomic E-state index is 12.9. The molecule has 0 saturated heterocycles. The first-order valence-electron chi connectivity index (χ1n) is 10.5. The summed E-state index contributed by atoms with van der Waals surface area (Å²) in [7, 11) is -3.66. The standard InChI is InChI=1S/C22H29N3O5S/c1-4-13-23-17-12-11-16(31(27,28)25(5-2)6-3)14-18(17)24-22(26)21-15-29-19-9-7-8-10-20(19)30-21/h7-12,14,21,23H,4-6,13,15H2,1-3H3,(H,24,26). The van der Waals surface area contributed by atoms with E-state index in [1.54, 1.807) is 44.2 Å². The van der Waals surface area contributed by atoms with Gasteiger partial charge in [0, 0.05) is 19.6 Å². The number of para-hydroxylation sites is 2. The summed E-state index contributed by atoms with van der Waals surface area (Å²) in [6.45, 7) is 7.08. The molecule has 2 N–H and O–H groups in total. The fourth-order valence-corrected chi connectivity index (χ4v) is 4.76. The smallest absolute Gasteiger partial charge is 0.269 e. The van der Waals surface area contributed by atoms with Crippen LogP contribution in [0.4, 0.5) is 11.4 Å². The van der Waals surface area contributed by atoms with Gasteiger partial charge >= 0.3 is 0 Å². The van der Waals surface area contributed by atoms with Gasteiger partial charge < -0.3 is 20.1 Å². The number of benzene rings is 2. The minimum atomic E-state index is -3.66. The number of rotatable bonds is 9. The summed E-state index contributed by atoms with van der Waals surface area (Å²) in [4.78, 5) is 13.0. The van der Waals surface area contributed by atoms with E-state index >= 15 is 0 Å². The largest absolute Gasteiger partial charge is 0.485 e. The molecule has 0 aliphatic carbocycles. The van der Waals surface area contributed by atoms with Crippen molar-refractivity contribution in [3.8, 4) is 11.5 Å². The highest BCUT2D eigenvalue weighted by molar-refractivity contribution is 7.89. The van der Waals surface area contributed by atoms with Crippen molar-refractivity contribution in [2.24, 2.45) is 0 Å². The van der Waals surface area contributed by atoms with Gasteiger partial charge in [-0.25, -0.2) is 8.42 Å². The Morgan fingerprint density at radius 1 is 1.06 bits per heavy atom. The van der Waals surface area contributed by atoms with Crippen molar-refractivity contribution in [3.63, 3.8) is 0 Å². The number of sulfonamides is 1. The van der Waals surface area contributed by atoms with Crippen LogP contribution in [-0.4, -0.2) is 51.0 Å². The first kappa shape index (κ1) is 22.9. The lowest BCUT2D eigenvalue weighted by Gasteiger charge is -2.26. The highest BCUT2D eigenvalue weighted by Crippen LogP contribution is 2.32. The number of ether oxygens (including phenoxy) is 2. The minimum Gasteiger partial charge on any atom is -0.485 e.